The normalized spacial score (nSPS) is 17.1. The van der Waals surface area contributed by atoms with Crippen LogP contribution in [0, 0.1) is 5.92 Å². The second kappa shape index (κ2) is 6.51. The van der Waals surface area contributed by atoms with Crippen LogP contribution in [0.4, 0.5) is 0 Å². The van der Waals surface area contributed by atoms with Gasteiger partial charge >= 0.3 is 5.97 Å². The molecule has 0 aromatic carbocycles. The lowest BCUT2D eigenvalue weighted by Gasteiger charge is -2.20. The van der Waals surface area contributed by atoms with E-state index in [1.807, 2.05) is 0 Å². The van der Waals surface area contributed by atoms with Crippen LogP contribution in [-0.2, 0) is 0 Å². The van der Waals surface area contributed by atoms with Crippen LogP contribution >= 0.6 is 0 Å². The molecule has 2 rings (SSSR count). The summed E-state index contributed by atoms with van der Waals surface area (Å²) in [5.41, 5.74) is -0.00391. The number of rotatable bonds is 6. The third-order valence-electron chi connectivity index (χ3n) is 3.33. The summed E-state index contributed by atoms with van der Waals surface area (Å²) in [7, 11) is 0. The summed E-state index contributed by atoms with van der Waals surface area (Å²) >= 11 is 0. The van der Waals surface area contributed by atoms with Crippen LogP contribution in [0.2, 0.25) is 0 Å². The summed E-state index contributed by atoms with van der Waals surface area (Å²) < 4.78 is 4.54. The van der Waals surface area contributed by atoms with Crippen molar-refractivity contribution in [3.63, 3.8) is 0 Å². The van der Waals surface area contributed by atoms with E-state index in [-0.39, 0.29) is 11.5 Å². The summed E-state index contributed by atoms with van der Waals surface area (Å²) in [5, 5.41) is 14.9. The molecule has 2 heterocycles. The minimum absolute atomic E-state index is 0.00391. The molecule has 2 N–H and O–H groups in total. The van der Waals surface area contributed by atoms with Crippen molar-refractivity contribution < 1.29 is 19.2 Å². The molecule has 1 unspecified atom stereocenters. The monoisotopic (exact) mass is 281 g/mol. The Morgan fingerprint density at radius 1 is 1.50 bits per heavy atom. The Bertz CT molecular complexity index is 480. The van der Waals surface area contributed by atoms with E-state index in [0.29, 0.717) is 12.5 Å². The Labute approximate surface area is 116 Å². The van der Waals surface area contributed by atoms with Crippen molar-refractivity contribution in [3.8, 4) is 0 Å². The molecule has 0 saturated carbocycles. The Hall–Kier alpha value is -1.89. The number of carbonyl (C=O) groups excluding carboxylic acids is 1. The molecule has 0 spiro atoms. The number of amides is 1. The Morgan fingerprint density at radius 3 is 2.80 bits per heavy atom. The van der Waals surface area contributed by atoms with Gasteiger partial charge in [0.2, 0.25) is 5.76 Å². The number of nitrogens with one attached hydrogen (secondary N) is 1. The topological polar surface area (TPSA) is 95.7 Å². The van der Waals surface area contributed by atoms with Crippen LogP contribution in [0.3, 0.4) is 0 Å². The molecule has 1 atom stereocenters. The molecular weight excluding hydrogens is 262 g/mol. The maximum Gasteiger partial charge on any atom is 0.374 e. The minimum Gasteiger partial charge on any atom is -0.475 e. The van der Waals surface area contributed by atoms with E-state index >= 15 is 0 Å². The van der Waals surface area contributed by atoms with Crippen molar-refractivity contribution >= 4 is 11.9 Å². The van der Waals surface area contributed by atoms with Crippen molar-refractivity contribution in [3.05, 3.63) is 17.5 Å². The summed E-state index contributed by atoms with van der Waals surface area (Å²) in [6.07, 6.45) is 2.49. The van der Waals surface area contributed by atoms with Gasteiger partial charge in [0.15, 0.2) is 5.69 Å². The SMILES string of the molecule is CC(CNC(=O)c1cc(C(=O)O)on1)CN1CCCC1. The van der Waals surface area contributed by atoms with E-state index in [1.54, 1.807) is 0 Å². The first-order chi connectivity index (χ1) is 9.56. The van der Waals surface area contributed by atoms with Gasteiger partial charge in [0, 0.05) is 19.2 Å². The third-order valence-corrected chi connectivity index (χ3v) is 3.33. The molecule has 1 aliphatic heterocycles. The predicted octanol–water partition coefficient (Wildman–Crippen LogP) is 0.835. The van der Waals surface area contributed by atoms with Gasteiger partial charge in [-0.2, -0.15) is 0 Å². The first-order valence-electron chi connectivity index (χ1n) is 6.77. The van der Waals surface area contributed by atoms with Crippen molar-refractivity contribution in [2.24, 2.45) is 5.92 Å². The summed E-state index contributed by atoms with van der Waals surface area (Å²) in [6, 6.07) is 1.13. The molecule has 0 aliphatic carbocycles. The maximum absolute atomic E-state index is 11.8. The van der Waals surface area contributed by atoms with Gasteiger partial charge < -0.3 is 19.8 Å². The first kappa shape index (κ1) is 14.5. The van der Waals surface area contributed by atoms with Crippen LogP contribution in [0.15, 0.2) is 10.6 Å². The quantitative estimate of drug-likeness (QED) is 0.802. The number of hydrogen-bond acceptors (Lipinski definition) is 5. The molecule has 20 heavy (non-hydrogen) atoms. The number of aromatic carboxylic acids is 1. The average Bonchev–Trinajstić information content (AvgIpc) is 3.06. The van der Waals surface area contributed by atoms with Gasteiger partial charge in [0.25, 0.3) is 5.91 Å². The number of aromatic nitrogens is 1. The zero-order valence-corrected chi connectivity index (χ0v) is 11.5. The molecule has 1 aliphatic rings. The summed E-state index contributed by atoms with van der Waals surface area (Å²) in [5.74, 6) is -1.64. The number of likely N-dealkylation sites (tertiary alicyclic amines) is 1. The van der Waals surface area contributed by atoms with E-state index in [9.17, 15) is 9.59 Å². The van der Waals surface area contributed by atoms with Crippen molar-refractivity contribution in [1.82, 2.24) is 15.4 Å². The molecule has 1 amide bonds. The molecule has 0 bridgehead atoms. The van der Waals surface area contributed by atoms with E-state index in [4.69, 9.17) is 5.11 Å². The molecule has 0 radical (unpaired) electrons. The fourth-order valence-electron chi connectivity index (χ4n) is 2.31. The van der Waals surface area contributed by atoms with Gasteiger partial charge in [-0.05, 0) is 31.8 Å². The summed E-state index contributed by atoms with van der Waals surface area (Å²) in [6.45, 7) is 5.82. The van der Waals surface area contributed by atoms with Gasteiger partial charge in [-0.3, -0.25) is 4.79 Å². The average molecular weight is 281 g/mol. The number of carboxylic acids is 1. The second-order valence-corrected chi connectivity index (χ2v) is 5.20. The Balaban J connectivity index is 1.77. The molecule has 1 saturated heterocycles. The lowest BCUT2D eigenvalue weighted by Crippen LogP contribution is -2.34. The van der Waals surface area contributed by atoms with Gasteiger partial charge in [-0.15, -0.1) is 0 Å². The lowest BCUT2D eigenvalue weighted by atomic mass is 10.1. The Kier molecular flexibility index (Phi) is 4.73. The van der Waals surface area contributed by atoms with Gasteiger partial charge in [-0.1, -0.05) is 12.1 Å². The highest BCUT2D eigenvalue weighted by Gasteiger charge is 2.18. The van der Waals surface area contributed by atoms with Crippen LogP contribution in [0.5, 0.6) is 0 Å². The second-order valence-electron chi connectivity index (χ2n) is 5.20. The molecule has 7 nitrogen and oxygen atoms in total. The molecule has 7 heteroatoms. The first-order valence-corrected chi connectivity index (χ1v) is 6.77. The standard InChI is InChI=1S/C13H19N3O4/c1-9(8-16-4-2-3-5-16)7-14-12(17)10-6-11(13(18)19)20-15-10/h6,9H,2-5,7-8H2,1H3,(H,14,17)(H,18,19). The fourth-order valence-corrected chi connectivity index (χ4v) is 2.31. The van der Waals surface area contributed by atoms with Crippen molar-refractivity contribution in [2.75, 3.05) is 26.2 Å². The molecule has 1 aromatic heterocycles. The third kappa shape index (κ3) is 3.80. The molecule has 1 aromatic rings. The predicted molar refractivity (Wildman–Crippen MR) is 70.6 cm³/mol. The van der Waals surface area contributed by atoms with E-state index in [0.717, 1.165) is 25.7 Å². The smallest absolute Gasteiger partial charge is 0.374 e. The van der Waals surface area contributed by atoms with Crippen LogP contribution in [-0.4, -0.2) is 53.2 Å². The zero-order chi connectivity index (χ0) is 14.5. The number of carbonyl (C=O) groups is 2. The highest BCUT2D eigenvalue weighted by atomic mass is 16.5. The van der Waals surface area contributed by atoms with Crippen molar-refractivity contribution in [1.29, 1.82) is 0 Å². The molecular formula is C13H19N3O4. The number of hydrogen-bond donors (Lipinski definition) is 2. The van der Waals surface area contributed by atoms with Gasteiger partial charge in [-0.25, -0.2) is 4.79 Å². The Morgan fingerprint density at radius 2 is 2.20 bits per heavy atom. The summed E-state index contributed by atoms with van der Waals surface area (Å²) in [4.78, 5) is 24.8. The van der Waals surface area contributed by atoms with Crippen LogP contribution < -0.4 is 5.32 Å². The largest absolute Gasteiger partial charge is 0.475 e. The van der Waals surface area contributed by atoms with Crippen molar-refractivity contribution in [2.45, 2.75) is 19.8 Å². The minimum atomic E-state index is -1.24. The van der Waals surface area contributed by atoms with E-state index < -0.39 is 11.9 Å². The highest BCUT2D eigenvalue weighted by molar-refractivity contribution is 5.94. The van der Waals surface area contributed by atoms with Crippen LogP contribution in [0.1, 0.15) is 40.8 Å². The van der Waals surface area contributed by atoms with E-state index in [2.05, 4.69) is 26.8 Å². The van der Waals surface area contributed by atoms with Gasteiger partial charge in [0.1, 0.15) is 0 Å². The van der Waals surface area contributed by atoms with Crippen LogP contribution in [0.25, 0.3) is 0 Å². The molecule has 1 fully saturated rings. The molecule has 110 valence electrons. The zero-order valence-electron chi connectivity index (χ0n) is 11.5. The fraction of sp³-hybridized carbons (Fsp3) is 0.615. The lowest BCUT2D eigenvalue weighted by molar-refractivity contribution is 0.0651. The van der Waals surface area contributed by atoms with E-state index in [1.165, 1.54) is 12.8 Å². The van der Waals surface area contributed by atoms with Gasteiger partial charge in [0.05, 0.1) is 0 Å². The maximum atomic E-state index is 11.8. The highest BCUT2D eigenvalue weighted by Crippen LogP contribution is 2.10. The number of nitrogens with zero attached hydrogens (tertiary/aromatic N) is 2. The number of carboxylic acid groups (broad SMARTS) is 1.